The number of hydrogen-bond acceptors (Lipinski definition) is 13. The molecule has 4 aliphatic rings. The molecular formula is C50H76N6O11. The first-order valence-corrected chi connectivity index (χ1v) is 22.9. The van der Waals surface area contributed by atoms with Crippen LogP contribution in [0.15, 0.2) is 36.4 Å². The second-order valence-electron chi connectivity index (χ2n) is 21.1. The van der Waals surface area contributed by atoms with Crippen molar-refractivity contribution in [1.29, 1.82) is 0 Å². The van der Waals surface area contributed by atoms with Crippen molar-refractivity contribution in [2.45, 2.75) is 151 Å². The maximum absolute atomic E-state index is 12.9. The molecule has 4 heterocycles. The van der Waals surface area contributed by atoms with Gasteiger partial charge in [-0.3, -0.25) is 9.80 Å². The molecule has 4 amide bonds. The van der Waals surface area contributed by atoms with Gasteiger partial charge in [-0.1, -0.05) is 31.7 Å². The van der Waals surface area contributed by atoms with E-state index in [9.17, 15) is 28.8 Å². The molecule has 2 atom stereocenters. The third kappa shape index (κ3) is 14.6. The predicted molar refractivity (Wildman–Crippen MR) is 256 cm³/mol. The fourth-order valence-corrected chi connectivity index (χ4v) is 8.23. The van der Waals surface area contributed by atoms with E-state index in [0.717, 1.165) is 39.9 Å². The lowest BCUT2D eigenvalue weighted by Gasteiger charge is -2.40. The zero-order valence-electron chi connectivity index (χ0n) is 41.4. The summed E-state index contributed by atoms with van der Waals surface area (Å²) in [4.78, 5) is 85.7. The van der Waals surface area contributed by atoms with E-state index in [1.54, 1.807) is 30.6 Å². The van der Waals surface area contributed by atoms with E-state index < -0.39 is 52.6 Å². The molecule has 17 heteroatoms. The van der Waals surface area contributed by atoms with Crippen LogP contribution in [-0.2, 0) is 59.2 Å². The van der Waals surface area contributed by atoms with Crippen molar-refractivity contribution in [1.82, 2.24) is 19.6 Å². The molecule has 0 aromatic heterocycles. The molecule has 0 bridgehead atoms. The molecule has 0 radical (unpaired) electrons. The first-order chi connectivity index (χ1) is 30.7. The standard InChI is InChI=1S/C25H37N3O6.C24H35N3O5.CH4/c1-24(2,3)33-22(30)27-13-11-26(12-14-27)19-10-8-9-17-16-28(23(31)34-25(4,5)6)20(15-18(17)19)21(29)32-7;1-23(2,3)31-21(29)26-12-10-25(11-13-26)20-9-7-8-17-15-27(18(16-28)14-19(17)20)22(30)32-24(4,5)6;/h8-10,20H,11-16H2,1-7H3;7-9,16,18H,10-15H2,1-6H3;1H4. The van der Waals surface area contributed by atoms with Crippen molar-refractivity contribution in [3.63, 3.8) is 0 Å². The Balaban J connectivity index is 0.000000289. The van der Waals surface area contributed by atoms with Gasteiger partial charge in [0.25, 0.3) is 0 Å². The van der Waals surface area contributed by atoms with Crippen LogP contribution in [0.3, 0.4) is 0 Å². The van der Waals surface area contributed by atoms with Crippen LogP contribution in [0, 0.1) is 0 Å². The lowest BCUT2D eigenvalue weighted by Crippen LogP contribution is -2.52. The number of carbonyl (C=O) groups excluding carboxylic acids is 6. The molecule has 2 fully saturated rings. The van der Waals surface area contributed by atoms with Crippen molar-refractivity contribution in [3.8, 4) is 0 Å². The number of anilines is 2. The molecule has 0 spiro atoms. The normalized spacial score (nSPS) is 18.8. The van der Waals surface area contributed by atoms with E-state index in [2.05, 4.69) is 9.80 Å². The van der Waals surface area contributed by atoms with E-state index in [0.29, 0.717) is 71.7 Å². The minimum absolute atomic E-state index is 0. The number of hydrogen-bond donors (Lipinski definition) is 0. The van der Waals surface area contributed by atoms with Crippen LogP contribution in [0.2, 0.25) is 0 Å². The molecule has 0 N–H and O–H groups in total. The highest BCUT2D eigenvalue weighted by molar-refractivity contribution is 5.83. The number of nitrogens with zero attached hydrogens (tertiary/aromatic N) is 6. The van der Waals surface area contributed by atoms with E-state index in [4.69, 9.17) is 23.7 Å². The third-order valence-corrected chi connectivity index (χ3v) is 11.2. The summed E-state index contributed by atoms with van der Waals surface area (Å²) in [7, 11) is 1.33. The lowest BCUT2D eigenvalue weighted by atomic mass is 9.92. The van der Waals surface area contributed by atoms with Gasteiger partial charge in [0, 0.05) is 76.6 Å². The number of aldehydes is 1. The van der Waals surface area contributed by atoms with Gasteiger partial charge in [0.2, 0.25) is 0 Å². The molecule has 372 valence electrons. The number of methoxy groups -OCH3 is 1. The molecule has 2 aromatic rings. The van der Waals surface area contributed by atoms with Crippen molar-refractivity contribution >= 4 is 48.0 Å². The minimum atomic E-state index is -0.767. The fraction of sp³-hybridized carbons (Fsp3) is 0.640. The predicted octanol–water partition coefficient (Wildman–Crippen LogP) is 7.82. The molecule has 2 saturated heterocycles. The second-order valence-corrected chi connectivity index (χ2v) is 21.1. The minimum Gasteiger partial charge on any atom is -0.467 e. The Hall–Kier alpha value is -5.74. The monoisotopic (exact) mass is 937 g/mol. The molecule has 17 nitrogen and oxygen atoms in total. The Morgan fingerprint density at radius 1 is 0.522 bits per heavy atom. The third-order valence-electron chi connectivity index (χ3n) is 11.2. The van der Waals surface area contributed by atoms with E-state index in [1.807, 2.05) is 98.7 Å². The quantitative estimate of drug-likeness (QED) is 0.166. The second kappa shape index (κ2) is 21.5. The number of rotatable bonds is 4. The number of piperazine rings is 2. The number of benzene rings is 2. The summed E-state index contributed by atoms with van der Waals surface area (Å²) >= 11 is 0. The van der Waals surface area contributed by atoms with Gasteiger partial charge in [-0.2, -0.15) is 0 Å². The van der Waals surface area contributed by atoms with Gasteiger partial charge < -0.3 is 48.1 Å². The fourth-order valence-electron chi connectivity index (χ4n) is 8.23. The van der Waals surface area contributed by atoms with Crippen LogP contribution in [0.1, 0.15) is 113 Å². The van der Waals surface area contributed by atoms with Crippen molar-refractivity contribution in [2.75, 3.05) is 69.3 Å². The lowest BCUT2D eigenvalue weighted by molar-refractivity contribution is -0.147. The van der Waals surface area contributed by atoms with Gasteiger partial charge in [0.05, 0.1) is 26.2 Å². The molecule has 6 rings (SSSR count). The first kappa shape index (κ1) is 53.9. The molecule has 0 aliphatic carbocycles. The Morgan fingerprint density at radius 3 is 1.25 bits per heavy atom. The molecule has 2 unspecified atom stereocenters. The summed E-state index contributed by atoms with van der Waals surface area (Å²) in [6.45, 7) is 27.5. The number of ether oxygens (including phenoxy) is 5. The van der Waals surface area contributed by atoms with Gasteiger partial charge in [-0.15, -0.1) is 0 Å². The zero-order chi connectivity index (χ0) is 48.9. The number of amides is 4. The summed E-state index contributed by atoms with van der Waals surface area (Å²) in [5.74, 6) is -0.471. The molecular weight excluding hydrogens is 861 g/mol. The maximum Gasteiger partial charge on any atom is 0.411 e. The van der Waals surface area contributed by atoms with Crippen LogP contribution >= 0.6 is 0 Å². The number of fused-ring (bicyclic) bond motifs is 2. The van der Waals surface area contributed by atoms with Gasteiger partial charge in [-0.25, -0.2) is 24.0 Å². The summed E-state index contributed by atoms with van der Waals surface area (Å²) < 4.78 is 27.1. The van der Waals surface area contributed by atoms with Crippen molar-refractivity contribution < 1.29 is 52.5 Å². The highest BCUT2D eigenvalue weighted by Gasteiger charge is 2.40. The Kier molecular flexibility index (Phi) is 17.3. The molecule has 4 aliphatic heterocycles. The van der Waals surface area contributed by atoms with Crippen molar-refractivity contribution in [3.05, 3.63) is 58.7 Å². The van der Waals surface area contributed by atoms with Gasteiger partial charge in [-0.05, 0) is 117 Å². The van der Waals surface area contributed by atoms with E-state index in [-0.39, 0.29) is 26.2 Å². The Labute approximate surface area is 397 Å². The summed E-state index contributed by atoms with van der Waals surface area (Å²) in [6, 6.07) is 10.6. The molecule has 67 heavy (non-hydrogen) atoms. The zero-order valence-corrected chi connectivity index (χ0v) is 41.4. The first-order valence-electron chi connectivity index (χ1n) is 22.9. The summed E-state index contributed by atoms with van der Waals surface area (Å²) in [6.07, 6.45) is -0.00211. The highest BCUT2D eigenvalue weighted by Crippen LogP contribution is 2.35. The highest BCUT2D eigenvalue weighted by atomic mass is 16.6. The number of esters is 1. The average molecular weight is 937 g/mol. The molecule has 0 saturated carbocycles. The van der Waals surface area contributed by atoms with Crippen molar-refractivity contribution in [2.24, 2.45) is 0 Å². The van der Waals surface area contributed by atoms with Gasteiger partial charge in [0.1, 0.15) is 34.7 Å². The smallest absolute Gasteiger partial charge is 0.411 e. The van der Waals surface area contributed by atoms with Crippen LogP contribution in [0.5, 0.6) is 0 Å². The summed E-state index contributed by atoms with van der Waals surface area (Å²) in [5, 5.41) is 0. The maximum atomic E-state index is 12.9. The number of carbonyl (C=O) groups is 6. The van der Waals surface area contributed by atoms with Gasteiger partial charge in [0.15, 0.2) is 0 Å². The van der Waals surface area contributed by atoms with E-state index >= 15 is 0 Å². The largest absolute Gasteiger partial charge is 0.467 e. The van der Waals surface area contributed by atoms with Crippen LogP contribution in [0.25, 0.3) is 0 Å². The van der Waals surface area contributed by atoms with Crippen LogP contribution in [0.4, 0.5) is 30.6 Å². The van der Waals surface area contributed by atoms with Gasteiger partial charge >= 0.3 is 30.3 Å². The van der Waals surface area contributed by atoms with Crippen LogP contribution in [-0.4, -0.2) is 150 Å². The topological polar surface area (TPSA) is 168 Å². The Bertz CT molecular complexity index is 2080. The van der Waals surface area contributed by atoms with E-state index in [1.165, 1.54) is 16.9 Å². The SMILES string of the molecule is C.CC(C)(C)OC(=O)N1CCN(c2cccc3c2CC(C=O)N(C(=O)OC(C)(C)C)C3)CC1.COC(=O)C1Cc2c(cccc2N2CCN(C(=O)OC(C)(C)C)CC2)CN1C(=O)OC(C)(C)C. The average Bonchev–Trinajstić information content (AvgIpc) is 3.22. The molecule has 2 aromatic carbocycles. The summed E-state index contributed by atoms with van der Waals surface area (Å²) in [5.41, 5.74) is 3.80. The Morgan fingerprint density at radius 2 is 0.881 bits per heavy atom. The van der Waals surface area contributed by atoms with Crippen LogP contribution < -0.4 is 9.80 Å².